The molecule has 5 nitrogen and oxygen atoms in total. The zero-order valence-electron chi connectivity index (χ0n) is 12.3. The number of hydrogen-bond acceptors (Lipinski definition) is 4. The van der Waals surface area contributed by atoms with Crippen LogP contribution in [0.3, 0.4) is 0 Å². The monoisotopic (exact) mass is 283 g/mol. The molecule has 20 heavy (non-hydrogen) atoms. The first-order valence-corrected chi connectivity index (χ1v) is 7.84. The van der Waals surface area contributed by atoms with Gasteiger partial charge in [0.2, 0.25) is 5.91 Å². The Bertz CT molecular complexity index is 354. The Morgan fingerprint density at radius 3 is 2.90 bits per heavy atom. The van der Waals surface area contributed by atoms with E-state index in [9.17, 15) is 4.79 Å². The van der Waals surface area contributed by atoms with Crippen molar-refractivity contribution in [3.63, 3.8) is 0 Å². The average Bonchev–Trinajstić information content (AvgIpc) is 3.07. The van der Waals surface area contributed by atoms with Gasteiger partial charge in [0.1, 0.15) is 6.61 Å². The van der Waals surface area contributed by atoms with Crippen LogP contribution in [0.4, 0.5) is 0 Å². The number of carbonyl (C=O) groups excluding carboxylic acids is 1. The summed E-state index contributed by atoms with van der Waals surface area (Å²) in [5, 5.41) is 0. The van der Waals surface area contributed by atoms with Gasteiger partial charge in [-0.05, 0) is 18.8 Å². The highest BCUT2D eigenvalue weighted by Crippen LogP contribution is 2.30. The first-order valence-electron chi connectivity index (χ1n) is 7.84. The molecule has 3 aliphatic rings. The molecule has 1 amide bonds. The van der Waals surface area contributed by atoms with Gasteiger partial charge in [-0.15, -0.1) is 0 Å². The Balaban J connectivity index is 1.43. The second-order valence-corrected chi connectivity index (χ2v) is 6.38. The lowest BCUT2D eigenvalue weighted by Crippen LogP contribution is -2.39. The molecule has 0 N–H and O–H groups in total. The molecule has 1 saturated carbocycles. The molecular formula is C15H25NO4. The fraction of sp³-hybridized carbons (Fsp3) is 0.933. The Kier molecular flexibility index (Phi) is 4.29. The molecule has 3 fully saturated rings. The van der Waals surface area contributed by atoms with Crippen molar-refractivity contribution in [1.29, 1.82) is 0 Å². The lowest BCUT2D eigenvalue weighted by atomic mass is 9.89. The molecule has 2 aliphatic heterocycles. The van der Waals surface area contributed by atoms with Crippen LogP contribution in [0.1, 0.15) is 39.0 Å². The van der Waals surface area contributed by atoms with Gasteiger partial charge in [-0.2, -0.15) is 0 Å². The van der Waals surface area contributed by atoms with E-state index in [4.69, 9.17) is 14.2 Å². The minimum absolute atomic E-state index is 0.0687. The van der Waals surface area contributed by atoms with Crippen LogP contribution in [0, 0.1) is 5.92 Å². The van der Waals surface area contributed by atoms with Gasteiger partial charge in [-0.25, -0.2) is 0 Å². The van der Waals surface area contributed by atoms with E-state index >= 15 is 0 Å². The van der Waals surface area contributed by atoms with Crippen molar-refractivity contribution in [3.8, 4) is 0 Å². The van der Waals surface area contributed by atoms with Crippen molar-refractivity contribution in [2.24, 2.45) is 5.92 Å². The van der Waals surface area contributed by atoms with E-state index in [0.29, 0.717) is 26.3 Å². The van der Waals surface area contributed by atoms with Gasteiger partial charge in [-0.3, -0.25) is 4.79 Å². The fourth-order valence-electron chi connectivity index (χ4n) is 3.51. The Hall–Kier alpha value is -0.650. The average molecular weight is 283 g/mol. The quantitative estimate of drug-likeness (QED) is 0.788. The highest BCUT2D eigenvalue weighted by Gasteiger charge is 2.44. The van der Waals surface area contributed by atoms with Crippen molar-refractivity contribution in [2.75, 3.05) is 32.9 Å². The van der Waals surface area contributed by atoms with E-state index in [2.05, 4.69) is 6.92 Å². The second-order valence-electron chi connectivity index (χ2n) is 6.38. The van der Waals surface area contributed by atoms with E-state index in [0.717, 1.165) is 25.2 Å². The normalized spacial score (nSPS) is 33.0. The number of ether oxygens (including phenoxy) is 3. The summed E-state index contributed by atoms with van der Waals surface area (Å²) >= 11 is 0. The standard InChI is InChI=1S/C15H25NO4/c1-12-3-2-4-13(9-12)18-10-14(17)16-6-5-15(11-16)19-7-8-20-15/h12-13H,2-11H2,1H3. The number of hydrogen-bond donors (Lipinski definition) is 0. The molecule has 0 aromatic heterocycles. The van der Waals surface area contributed by atoms with Crippen LogP contribution >= 0.6 is 0 Å². The topological polar surface area (TPSA) is 48.0 Å². The first-order chi connectivity index (χ1) is 9.67. The van der Waals surface area contributed by atoms with Gasteiger partial charge >= 0.3 is 0 Å². The highest BCUT2D eigenvalue weighted by molar-refractivity contribution is 5.77. The van der Waals surface area contributed by atoms with Crippen LogP contribution < -0.4 is 0 Å². The first kappa shape index (κ1) is 14.3. The fourth-order valence-corrected chi connectivity index (χ4v) is 3.51. The molecule has 0 aromatic carbocycles. The second kappa shape index (κ2) is 6.00. The molecule has 0 radical (unpaired) electrons. The van der Waals surface area contributed by atoms with Crippen LogP contribution in [0.5, 0.6) is 0 Å². The number of likely N-dealkylation sites (tertiary alicyclic amines) is 1. The Morgan fingerprint density at radius 1 is 1.35 bits per heavy atom. The summed E-state index contributed by atoms with van der Waals surface area (Å²) < 4.78 is 17.1. The van der Waals surface area contributed by atoms with Gasteiger partial charge in [0.05, 0.1) is 25.9 Å². The van der Waals surface area contributed by atoms with Gasteiger partial charge in [0.15, 0.2) is 5.79 Å². The molecule has 2 heterocycles. The number of amides is 1. The molecule has 114 valence electrons. The molecule has 3 rings (SSSR count). The molecule has 1 aliphatic carbocycles. The zero-order chi connectivity index (χ0) is 14.0. The van der Waals surface area contributed by atoms with Crippen molar-refractivity contribution in [1.82, 2.24) is 4.90 Å². The molecule has 0 bridgehead atoms. The molecule has 1 spiro atoms. The SMILES string of the molecule is CC1CCCC(OCC(=O)N2CCC3(C2)OCCO3)C1. The largest absolute Gasteiger partial charge is 0.368 e. The number of rotatable bonds is 3. The molecule has 2 unspecified atom stereocenters. The van der Waals surface area contributed by atoms with Gasteiger partial charge in [-0.1, -0.05) is 19.8 Å². The van der Waals surface area contributed by atoms with Crippen molar-refractivity contribution in [3.05, 3.63) is 0 Å². The summed E-state index contributed by atoms with van der Waals surface area (Å²) in [5.74, 6) is 0.271. The molecule has 5 heteroatoms. The third kappa shape index (κ3) is 3.15. The van der Waals surface area contributed by atoms with Crippen LogP contribution in [0.2, 0.25) is 0 Å². The Labute approximate surface area is 120 Å². The summed E-state index contributed by atoms with van der Waals surface area (Å²) in [6, 6.07) is 0. The maximum absolute atomic E-state index is 12.2. The van der Waals surface area contributed by atoms with E-state index < -0.39 is 5.79 Å². The van der Waals surface area contributed by atoms with E-state index in [1.54, 1.807) is 0 Å². The number of carbonyl (C=O) groups is 1. The third-order valence-corrected chi connectivity index (χ3v) is 4.69. The van der Waals surface area contributed by atoms with Crippen LogP contribution in [-0.4, -0.2) is 55.6 Å². The van der Waals surface area contributed by atoms with Gasteiger partial charge in [0.25, 0.3) is 0 Å². The molecule has 0 aromatic rings. The predicted octanol–water partition coefficient (Wildman–Crippen LogP) is 1.56. The maximum Gasteiger partial charge on any atom is 0.248 e. The minimum Gasteiger partial charge on any atom is -0.368 e. The van der Waals surface area contributed by atoms with Crippen molar-refractivity contribution in [2.45, 2.75) is 50.9 Å². The van der Waals surface area contributed by atoms with Crippen LogP contribution in [-0.2, 0) is 19.0 Å². The van der Waals surface area contributed by atoms with Crippen LogP contribution in [0.25, 0.3) is 0 Å². The summed E-state index contributed by atoms with van der Waals surface area (Å²) in [4.78, 5) is 14.0. The van der Waals surface area contributed by atoms with E-state index in [1.807, 2.05) is 4.90 Å². The molecule has 2 atom stereocenters. The Morgan fingerprint density at radius 2 is 2.15 bits per heavy atom. The van der Waals surface area contributed by atoms with Crippen molar-refractivity contribution < 1.29 is 19.0 Å². The molecular weight excluding hydrogens is 258 g/mol. The third-order valence-electron chi connectivity index (χ3n) is 4.69. The highest BCUT2D eigenvalue weighted by atomic mass is 16.7. The maximum atomic E-state index is 12.2. The summed E-state index contributed by atoms with van der Waals surface area (Å²) in [6.07, 6.45) is 5.72. The van der Waals surface area contributed by atoms with E-state index in [-0.39, 0.29) is 18.6 Å². The lowest BCUT2D eigenvalue weighted by molar-refractivity contribution is -0.155. The van der Waals surface area contributed by atoms with Gasteiger partial charge < -0.3 is 19.1 Å². The predicted molar refractivity (Wildman–Crippen MR) is 73.2 cm³/mol. The summed E-state index contributed by atoms with van der Waals surface area (Å²) in [5.41, 5.74) is 0. The zero-order valence-corrected chi connectivity index (χ0v) is 12.3. The van der Waals surface area contributed by atoms with Gasteiger partial charge in [0, 0.05) is 13.0 Å². The van der Waals surface area contributed by atoms with Crippen LogP contribution in [0.15, 0.2) is 0 Å². The van der Waals surface area contributed by atoms with Crippen molar-refractivity contribution >= 4 is 5.91 Å². The minimum atomic E-state index is -0.519. The smallest absolute Gasteiger partial charge is 0.248 e. The molecule has 2 saturated heterocycles. The number of nitrogens with zero attached hydrogens (tertiary/aromatic N) is 1. The van der Waals surface area contributed by atoms with E-state index in [1.165, 1.54) is 12.8 Å². The lowest BCUT2D eigenvalue weighted by Gasteiger charge is -2.27. The summed E-state index contributed by atoms with van der Waals surface area (Å²) in [7, 11) is 0. The summed E-state index contributed by atoms with van der Waals surface area (Å²) in [6.45, 7) is 5.00.